The van der Waals surface area contributed by atoms with Crippen LogP contribution < -0.4 is 0 Å². The fourth-order valence-electron chi connectivity index (χ4n) is 3.26. The summed E-state index contributed by atoms with van der Waals surface area (Å²) in [7, 11) is -3.29. The van der Waals surface area contributed by atoms with E-state index in [1.54, 1.807) is 20.2 Å². The van der Waals surface area contributed by atoms with Gasteiger partial charge in [-0.15, -0.1) is 10.2 Å². The van der Waals surface area contributed by atoms with E-state index >= 15 is 0 Å². The average molecular weight is 392 g/mol. The molecule has 1 aliphatic rings. The summed E-state index contributed by atoms with van der Waals surface area (Å²) in [6, 6.07) is 7.68. The Morgan fingerprint density at radius 2 is 1.81 bits per heavy atom. The van der Waals surface area contributed by atoms with Crippen LogP contribution in [0.3, 0.4) is 0 Å². The fourth-order valence-corrected chi connectivity index (χ4v) is 5.88. The summed E-state index contributed by atoms with van der Waals surface area (Å²) in [6.07, 6.45) is 1.58. The highest BCUT2D eigenvalue weighted by atomic mass is 32.2. The van der Waals surface area contributed by atoms with Gasteiger partial charge in [-0.2, -0.15) is 9.61 Å². The third-order valence-corrected chi connectivity index (χ3v) is 7.74. The van der Waals surface area contributed by atoms with E-state index in [-0.39, 0.29) is 11.7 Å². The van der Waals surface area contributed by atoms with E-state index in [0.717, 1.165) is 39.8 Å². The smallest absolute Gasteiger partial charge is 0.212 e. The minimum Gasteiger partial charge on any atom is -0.212 e. The SMILES string of the molecule is Cc1ccc(CS(=O)(=O)N2CCC(c3nn4c(C)nnc4s3)CC2)cc1. The van der Waals surface area contributed by atoms with Crippen LogP contribution in [0.4, 0.5) is 0 Å². The first-order valence-corrected chi connectivity index (χ1v) is 11.1. The molecule has 7 nitrogen and oxygen atoms in total. The number of hydrogen-bond acceptors (Lipinski definition) is 6. The standard InChI is InChI=1S/C17H21N5O2S2/c1-12-3-5-14(6-4-12)11-26(23,24)21-9-7-15(8-10-21)16-20-22-13(2)18-19-17(22)25-16/h3-6,15H,7-11H2,1-2H3. The molecule has 1 aromatic carbocycles. The summed E-state index contributed by atoms with van der Waals surface area (Å²) in [5, 5.41) is 13.7. The van der Waals surface area contributed by atoms with Gasteiger partial charge in [-0.25, -0.2) is 12.7 Å². The van der Waals surface area contributed by atoms with Crippen molar-refractivity contribution in [2.24, 2.45) is 0 Å². The molecule has 3 aromatic rings. The summed E-state index contributed by atoms with van der Waals surface area (Å²) < 4.78 is 28.8. The molecule has 0 amide bonds. The van der Waals surface area contributed by atoms with Gasteiger partial charge in [-0.05, 0) is 32.3 Å². The van der Waals surface area contributed by atoms with E-state index < -0.39 is 10.0 Å². The van der Waals surface area contributed by atoms with Crippen LogP contribution >= 0.6 is 11.3 Å². The highest BCUT2D eigenvalue weighted by Gasteiger charge is 2.30. The molecule has 1 fully saturated rings. The van der Waals surface area contributed by atoms with E-state index in [0.29, 0.717) is 13.1 Å². The van der Waals surface area contributed by atoms with Crippen LogP contribution in [0.2, 0.25) is 0 Å². The molecule has 0 aliphatic carbocycles. The molecule has 0 spiro atoms. The van der Waals surface area contributed by atoms with Gasteiger partial charge in [-0.3, -0.25) is 0 Å². The van der Waals surface area contributed by atoms with Crippen molar-refractivity contribution in [2.45, 2.75) is 38.4 Å². The zero-order valence-corrected chi connectivity index (χ0v) is 16.4. The lowest BCUT2D eigenvalue weighted by atomic mass is 9.99. The third kappa shape index (κ3) is 3.38. The summed E-state index contributed by atoms with van der Waals surface area (Å²) >= 11 is 1.55. The number of fused-ring (bicyclic) bond motifs is 1. The number of nitrogens with zero attached hydrogens (tertiary/aromatic N) is 5. The first kappa shape index (κ1) is 17.6. The maximum atomic E-state index is 12.7. The second-order valence-electron chi connectivity index (χ2n) is 6.80. The van der Waals surface area contributed by atoms with E-state index in [2.05, 4.69) is 15.3 Å². The second kappa shape index (κ2) is 6.71. The van der Waals surface area contributed by atoms with Crippen molar-refractivity contribution < 1.29 is 8.42 Å². The molecule has 9 heteroatoms. The van der Waals surface area contributed by atoms with E-state index in [4.69, 9.17) is 0 Å². The average Bonchev–Trinajstić information content (AvgIpc) is 3.19. The summed E-state index contributed by atoms with van der Waals surface area (Å²) in [5.74, 6) is 1.13. The van der Waals surface area contributed by atoms with Crippen LogP contribution in [-0.4, -0.2) is 45.6 Å². The van der Waals surface area contributed by atoms with Crippen molar-refractivity contribution >= 4 is 26.3 Å². The molecule has 1 saturated heterocycles. The molecule has 0 N–H and O–H groups in total. The number of piperidine rings is 1. The van der Waals surface area contributed by atoms with E-state index in [1.807, 2.05) is 38.1 Å². The minimum absolute atomic E-state index is 0.0634. The zero-order chi connectivity index (χ0) is 18.3. The van der Waals surface area contributed by atoms with Gasteiger partial charge in [0.25, 0.3) is 0 Å². The molecule has 2 aromatic heterocycles. The Balaban J connectivity index is 1.42. The molecule has 0 saturated carbocycles. The van der Waals surface area contributed by atoms with Gasteiger partial charge in [0.2, 0.25) is 15.0 Å². The third-order valence-electron chi connectivity index (χ3n) is 4.83. The first-order chi connectivity index (χ1) is 12.4. The van der Waals surface area contributed by atoms with Gasteiger partial charge in [0, 0.05) is 19.0 Å². The van der Waals surface area contributed by atoms with Crippen molar-refractivity contribution in [3.63, 3.8) is 0 Å². The van der Waals surface area contributed by atoms with Crippen LogP contribution in [-0.2, 0) is 15.8 Å². The Morgan fingerprint density at radius 1 is 1.12 bits per heavy atom. The van der Waals surface area contributed by atoms with Gasteiger partial charge in [-0.1, -0.05) is 41.2 Å². The largest absolute Gasteiger partial charge is 0.234 e. The Bertz CT molecular complexity index is 1020. The molecule has 0 bridgehead atoms. The Labute approximate surface area is 156 Å². The van der Waals surface area contributed by atoms with Crippen molar-refractivity contribution in [3.05, 3.63) is 46.2 Å². The highest BCUT2D eigenvalue weighted by molar-refractivity contribution is 7.88. The predicted molar refractivity (Wildman–Crippen MR) is 101 cm³/mol. The Morgan fingerprint density at radius 3 is 2.46 bits per heavy atom. The highest BCUT2D eigenvalue weighted by Crippen LogP contribution is 2.32. The van der Waals surface area contributed by atoms with Crippen LogP contribution in [0, 0.1) is 13.8 Å². The molecule has 4 rings (SSSR count). The van der Waals surface area contributed by atoms with E-state index in [9.17, 15) is 8.42 Å². The number of aromatic nitrogens is 4. The number of rotatable bonds is 4. The Hall–Kier alpha value is -1.84. The lowest BCUT2D eigenvalue weighted by molar-refractivity contribution is 0.318. The van der Waals surface area contributed by atoms with Gasteiger partial charge < -0.3 is 0 Å². The van der Waals surface area contributed by atoms with Crippen LogP contribution in [0.25, 0.3) is 4.96 Å². The number of sulfonamides is 1. The molecule has 3 heterocycles. The lowest BCUT2D eigenvalue weighted by Gasteiger charge is -2.30. The number of hydrogen-bond donors (Lipinski definition) is 0. The topological polar surface area (TPSA) is 80.5 Å². The molecule has 1 aliphatic heterocycles. The van der Waals surface area contributed by atoms with Crippen LogP contribution in [0.5, 0.6) is 0 Å². The maximum absolute atomic E-state index is 12.7. The zero-order valence-electron chi connectivity index (χ0n) is 14.8. The summed E-state index contributed by atoms with van der Waals surface area (Å²) in [6.45, 7) is 4.95. The fraction of sp³-hybridized carbons (Fsp3) is 0.471. The predicted octanol–water partition coefficient (Wildman–Crippen LogP) is 2.51. The van der Waals surface area contributed by atoms with Crippen molar-refractivity contribution in [2.75, 3.05) is 13.1 Å². The minimum atomic E-state index is -3.29. The summed E-state index contributed by atoms with van der Waals surface area (Å²) in [4.78, 5) is 0.798. The summed E-state index contributed by atoms with van der Waals surface area (Å²) in [5.41, 5.74) is 1.97. The molecule has 0 unspecified atom stereocenters. The molecule has 0 atom stereocenters. The first-order valence-electron chi connectivity index (χ1n) is 8.64. The van der Waals surface area contributed by atoms with Gasteiger partial charge in [0.1, 0.15) is 5.01 Å². The Kier molecular flexibility index (Phi) is 4.54. The lowest BCUT2D eigenvalue weighted by Crippen LogP contribution is -2.38. The normalized spacial score (nSPS) is 17.2. The molecule has 0 radical (unpaired) electrons. The van der Waals surface area contributed by atoms with Crippen molar-refractivity contribution in [3.8, 4) is 0 Å². The number of benzene rings is 1. The molecule has 26 heavy (non-hydrogen) atoms. The van der Waals surface area contributed by atoms with Crippen LogP contribution in [0.15, 0.2) is 24.3 Å². The van der Waals surface area contributed by atoms with E-state index in [1.165, 1.54) is 0 Å². The van der Waals surface area contributed by atoms with Gasteiger partial charge in [0.15, 0.2) is 5.82 Å². The number of aryl methyl sites for hydroxylation is 2. The van der Waals surface area contributed by atoms with Gasteiger partial charge >= 0.3 is 0 Å². The molecular weight excluding hydrogens is 370 g/mol. The van der Waals surface area contributed by atoms with Crippen LogP contribution in [0.1, 0.15) is 40.7 Å². The maximum Gasteiger partial charge on any atom is 0.234 e. The second-order valence-corrected chi connectivity index (χ2v) is 9.75. The van der Waals surface area contributed by atoms with Crippen molar-refractivity contribution in [1.29, 1.82) is 0 Å². The van der Waals surface area contributed by atoms with Gasteiger partial charge in [0.05, 0.1) is 5.75 Å². The molecule has 138 valence electrons. The quantitative estimate of drug-likeness (QED) is 0.683. The van der Waals surface area contributed by atoms with Crippen molar-refractivity contribution in [1.82, 2.24) is 24.1 Å². The molecular formula is C17H21N5O2S2. The monoisotopic (exact) mass is 391 g/mol.